The van der Waals surface area contributed by atoms with Gasteiger partial charge in [0, 0.05) is 15.9 Å². The average molecular weight is 200 g/mol. The molecule has 1 atom stereocenters. The Morgan fingerprint density at radius 1 is 1.20 bits per heavy atom. The van der Waals surface area contributed by atoms with Crippen LogP contribution < -0.4 is 0 Å². The van der Waals surface area contributed by atoms with Crippen LogP contribution >= 0.6 is 0 Å². The van der Waals surface area contributed by atoms with Crippen molar-refractivity contribution in [2.75, 3.05) is 0 Å². The van der Waals surface area contributed by atoms with Gasteiger partial charge in [-0.05, 0) is 23.6 Å². The van der Waals surface area contributed by atoms with Gasteiger partial charge in [-0.15, -0.1) is 0 Å². The van der Waals surface area contributed by atoms with Crippen molar-refractivity contribution in [1.82, 2.24) is 4.98 Å². The van der Waals surface area contributed by atoms with Crippen molar-refractivity contribution in [3.05, 3.63) is 54.2 Å². The Balaban J connectivity index is 2.37. The smallest absolute Gasteiger partial charge is 0.0704 e. The molecule has 1 aromatic heterocycles. The predicted molar refractivity (Wildman–Crippen MR) is 63.8 cm³/mol. The molecule has 0 N–H and O–H groups in total. The van der Waals surface area contributed by atoms with Crippen LogP contribution in [-0.4, -0.2) is 4.98 Å². The minimum atomic E-state index is -1.98. The molecule has 0 aliphatic rings. The van der Waals surface area contributed by atoms with Crippen molar-refractivity contribution in [2.24, 2.45) is 0 Å². The topological polar surface area (TPSA) is 12.9 Å². The van der Waals surface area contributed by atoms with Crippen molar-refractivity contribution in [3.63, 3.8) is 0 Å². The van der Waals surface area contributed by atoms with Gasteiger partial charge in [0.05, 0.1) is 5.69 Å². The highest BCUT2D eigenvalue weighted by Gasteiger charge is 2.02. The monoisotopic (exact) mass is 200 g/mol. The van der Waals surface area contributed by atoms with Crippen LogP contribution in [0.15, 0.2) is 48.7 Å². The molecule has 0 saturated heterocycles. The van der Waals surface area contributed by atoms with Crippen LogP contribution in [0.3, 0.4) is 0 Å². The van der Waals surface area contributed by atoms with Gasteiger partial charge in [0.25, 0.3) is 0 Å². The lowest BCUT2D eigenvalue weighted by atomic mass is 10.0. The minimum Gasteiger partial charge on any atom is -0.256 e. The van der Waals surface area contributed by atoms with E-state index in [2.05, 4.69) is 4.98 Å². The Morgan fingerprint density at radius 3 is 2.73 bits per heavy atom. The molecule has 0 aliphatic carbocycles. The van der Waals surface area contributed by atoms with Crippen molar-refractivity contribution >= 4 is 0 Å². The first-order chi connectivity index (χ1) is 8.48. The molecule has 0 fully saturated rings. The number of aromatic nitrogens is 1. The van der Waals surface area contributed by atoms with E-state index in [0.717, 1.165) is 16.8 Å². The van der Waals surface area contributed by atoms with E-state index < -0.39 is 12.8 Å². The van der Waals surface area contributed by atoms with Crippen molar-refractivity contribution in [1.29, 1.82) is 0 Å². The fourth-order valence-corrected chi connectivity index (χ4v) is 1.48. The van der Waals surface area contributed by atoms with E-state index in [-0.39, 0.29) is 0 Å². The van der Waals surface area contributed by atoms with E-state index in [1.165, 1.54) is 0 Å². The largest absolute Gasteiger partial charge is 0.256 e. The maximum Gasteiger partial charge on any atom is 0.0704 e. The molecule has 0 amide bonds. The van der Waals surface area contributed by atoms with Crippen LogP contribution in [0.1, 0.15) is 29.4 Å². The number of hydrogen-bond acceptors (Lipinski definition) is 1. The zero-order valence-electron chi connectivity index (χ0n) is 11.6. The lowest BCUT2D eigenvalue weighted by molar-refractivity contribution is 0.864. The van der Waals surface area contributed by atoms with Gasteiger partial charge in [0.2, 0.25) is 0 Å². The van der Waals surface area contributed by atoms with Gasteiger partial charge in [-0.1, -0.05) is 44.1 Å². The summed E-state index contributed by atoms with van der Waals surface area (Å²) < 4.78 is 22.4. The third kappa shape index (κ3) is 2.24. The molecule has 15 heavy (non-hydrogen) atoms. The van der Waals surface area contributed by atoms with E-state index in [1.54, 1.807) is 19.2 Å². The summed E-state index contributed by atoms with van der Waals surface area (Å²) in [6.45, 7) is -0.258. The normalized spacial score (nSPS) is 16.2. The molecule has 1 unspecified atom stereocenters. The average Bonchev–Trinajstić information content (AvgIpc) is 2.38. The summed E-state index contributed by atoms with van der Waals surface area (Å²) in [4.78, 5) is 4.29. The van der Waals surface area contributed by atoms with Gasteiger partial charge in [-0.25, -0.2) is 0 Å². The third-order valence-corrected chi connectivity index (χ3v) is 2.35. The van der Waals surface area contributed by atoms with Crippen molar-refractivity contribution < 1.29 is 4.11 Å². The summed E-state index contributed by atoms with van der Waals surface area (Å²) in [5.41, 5.74) is 2.60. The summed E-state index contributed by atoms with van der Waals surface area (Å²) >= 11 is 0. The SMILES string of the molecule is [2H]C([2H])([2H])C(C)c1ccnc(-c2ccccc2)c1. The van der Waals surface area contributed by atoms with Gasteiger partial charge in [0.1, 0.15) is 0 Å². The molecule has 0 saturated carbocycles. The maximum absolute atomic E-state index is 7.46. The molecular formula is C14H15N. The summed E-state index contributed by atoms with van der Waals surface area (Å²) in [7, 11) is 0. The number of benzene rings is 1. The van der Waals surface area contributed by atoms with Gasteiger partial charge < -0.3 is 0 Å². The number of nitrogens with zero attached hydrogens (tertiary/aromatic N) is 1. The van der Waals surface area contributed by atoms with Crippen LogP contribution in [0.5, 0.6) is 0 Å². The Hall–Kier alpha value is -1.63. The summed E-state index contributed by atoms with van der Waals surface area (Å²) in [5, 5.41) is 0. The Labute approximate surface area is 95.0 Å². The van der Waals surface area contributed by atoms with Gasteiger partial charge >= 0.3 is 0 Å². The summed E-state index contributed by atoms with van der Waals surface area (Å²) in [6, 6.07) is 13.4. The number of hydrogen-bond donors (Lipinski definition) is 0. The second-order valence-electron chi connectivity index (χ2n) is 3.56. The lowest BCUT2D eigenvalue weighted by Gasteiger charge is -2.07. The summed E-state index contributed by atoms with van der Waals surface area (Å²) in [6.07, 6.45) is 1.67. The highest BCUT2D eigenvalue weighted by Crippen LogP contribution is 2.21. The quantitative estimate of drug-likeness (QED) is 0.717. The van der Waals surface area contributed by atoms with Crippen LogP contribution in [0.4, 0.5) is 0 Å². The molecule has 0 spiro atoms. The van der Waals surface area contributed by atoms with Crippen LogP contribution in [-0.2, 0) is 0 Å². The summed E-state index contributed by atoms with van der Waals surface area (Å²) in [5.74, 6) is -0.483. The van der Waals surface area contributed by atoms with E-state index in [9.17, 15) is 0 Å². The second-order valence-corrected chi connectivity index (χ2v) is 3.56. The Morgan fingerprint density at radius 2 is 2.00 bits per heavy atom. The van der Waals surface area contributed by atoms with Gasteiger partial charge in [0.15, 0.2) is 0 Å². The van der Waals surface area contributed by atoms with Gasteiger partial charge in [-0.3, -0.25) is 4.98 Å². The highest BCUT2D eigenvalue weighted by molar-refractivity contribution is 5.59. The molecule has 1 nitrogen and oxygen atoms in total. The third-order valence-electron chi connectivity index (χ3n) is 2.35. The van der Waals surface area contributed by atoms with Gasteiger partial charge in [-0.2, -0.15) is 0 Å². The zero-order valence-corrected chi connectivity index (χ0v) is 8.64. The van der Waals surface area contributed by atoms with E-state index in [0.29, 0.717) is 0 Å². The molecule has 2 rings (SSSR count). The van der Waals surface area contributed by atoms with E-state index in [1.807, 2.05) is 36.4 Å². The van der Waals surface area contributed by atoms with Crippen LogP contribution in [0.2, 0.25) is 0 Å². The van der Waals surface area contributed by atoms with Crippen LogP contribution in [0, 0.1) is 0 Å². The van der Waals surface area contributed by atoms with Crippen LogP contribution in [0.25, 0.3) is 11.3 Å². The standard InChI is InChI=1S/C14H15N/c1-11(2)13-8-9-15-14(10-13)12-6-4-3-5-7-12/h3-11H,1-2H3/i1D3. The minimum absolute atomic E-state index is 0.483. The first kappa shape index (κ1) is 6.78. The number of rotatable bonds is 2. The molecular weight excluding hydrogens is 182 g/mol. The van der Waals surface area contributed by atoms with Crippen molar-refractivity contribution in [2.45, 2.75) is 19.7 Å². The first-order valence-electron chi connectivity index (χ1n) is 6.50. The molecule has 1 heterocycles. The maximum atomic E-state index is 7.46. The first-order valence-corrected chi connectivity index (χ1v) is 5.00. The molecule has 0 radical (unpaired) electrons. The fourth-order valence-electron chi connectivity index (χ4n) is 1.48. The van der Waals surface area contributed by atoms with E-state index in [4.69, 9.17) is 4.11 Å². The molecule has 76 valence electrons. The molecule has 1 aromatic carbocycles. The Kier molecular flexibility index (Phi) is 1.93. The second kappa shape index (κ2) is 4.26. The molecule has 0 bridgehead atoms. The number of pyridine rings is 1. The van der Waals surface area contributed by atoms with E-state index >= 15 is 0 Å². The molecule has 0 aliphatic heterocycles. The molecule has 1 heteroatoms. The lowest BCUT2D eigenvalue weighted by Crippen LogP contribution is -1.90. The molecule has 2 aromatic rings. The Bertz CT molecular complexity index is 520. The van der Waals surface area contributed by atoms with Crippen molar-refractivity contribution in [3.8, 4) is 11.3 Å². The predicted octanol–water partition coefficient (Wildman–Crippen LogP) is 3.87. The fraction of sp³-hybridized carbons (Fsp3) is 0.214. The highest BCUT2D eigenvalue weighted by atomic mass is 14.7. The zero-order chi connectivity index (χ0) is 13.2.